The molecule has 0 heterocycles. The number of amides is 1. The van der Waals surface area contributed by atoms with Gasteiger partial charge in [0.05, 0.1) is 18.8 Å². The molecule has 0 radical (unpaired) electrons. The van der Waals surface area contributed by atoms with Crippen LogP contribution >= 0.6 is 0 Å². The summed E-state index contributed by atoms with van der Waals surface area (Å²) in [6.45, 7) is -1.82. The fraction of sp³-hybridized carbons (Fsp3) is 0.300. The molecule has 0 atom stereocenters. The number of carbonyl (C=O) groups is 1. The van der Waals surface area contributed by atoms with Crippen LogP contribution in [0.5, 0.6) is 0 Å². The Bertz CT molecular complexity index is 604. The molecule has 1 rings (SSSR count). The van der Waals surface area contributed by atoms with E-state index in [9.17, 15) is 26.4 Å². The highest BCUT2D eigenvalue weighted by Gasteiger charge is 2.26. The Hall–Kier alpha value is -1.85. The molecule has 0 fully saturated rings. The first kappa shape index (κ1) is 17.2. The molecule has 1 amide bonds. The number of hydrogen-bond donors (Lipinski definition) is 4. The van der Waals surface area contributed by atoms with Gasteiger partial charge in [-0.1, -0.05) is 6.07 Å². The maximum Gasteiger partial charge on any atom is 0.401 e. The van der Waals surface area contributed by atoms with Crippen LogP contribution in [0.1, 0.15) is 0 Å². The molecule has 0 bridgehead atoms. The third-order valence-electron chi connectivity index (χ3n) is 2.02. The molecule has 0 aliphatic heterocycles. The average molecular weight is 326 g/mol. The first-order chi connectivity index (χ1) is 9.55. The van der Waals surface area contributed by atoms with E-state index in [2.05, 4.69) is 5.32 Å². The van der Waals surface area contributed by atoms with Gasteiger partial charge in [0.15, 0.2) is 0 Å². The van der Waals surface area contributed by atoms with Crippen molar-refractivity contribution in [1.82, 2.24) is 5.32 Å². The summed E-state index contributed by atoms with van der Waals surface area (Å²) in [6.07, 6.45) is -4.40. The van der Waals surface area contributed by atoms with Gasteiger partial charge >= 0.3 is 6.18 Å². The van der Waals surface area contributed by atoms with Gasteiger partial charge in [-0.15, -0.1) is 0 Å². The number of carbonyl (C=O) groups excluding carboxylic acids is 1. The number of alkyl halides is 3. The smallest absolute Gasteiger partial charge is 0.325 e. The van der Waals surface area contributed by atoms with E-state index < -0.39 is 35.4 Å². The van der Waals surface area contributed by atoms with E-state index in [4.69, 9.17) is 5.14 Å². The Morgan fingerprint density at radius 2 is 1.86 bits per heavy atom. The topological polar surface area (TPSA) is 113 Å². The Morgan fingerprint density at radius 1 is 1.24 bits per heavy atom. The van der Waals surface area contributed by atoms with Crippen LogP contribution in [0.4, 0.5) is 24.5 Å². The molecule has 5 N–H and O–H groups in total. The number of nitrogens with one attached hydrogen (secondary N) is 3. The van der Waals surface area contributed by atoms with Crippen molar-refractivity contribution in [1.29, 1.82) is 0 Å². The summed E-state index contributed by atoms with van der Waals surface area (Å²) in [5.41, 5.74) is 0.320. The highest BCUT2D eigenvalue weighted by molar-refractivity contribution is 7.90. The lowest BCUT2D eigenvalue weighted by Gasteiger charge is -2.10. The summed E-state index contributed by atoms with van der Waals surface area (Å²) in [5.74, 6) is -0.702. The van der Waals surface area contributed by atoms with Gasteiger partial charge in [-0.25, -0.2) is 5.14 Å². The number of anilines is 2. The zero-order chi connectivity index (χ0) is 16.1. The maximum atomic E-state index is 11.9. The normalized spacial score (nSPS) is 12.0. The van der Waals surface area contributed by atoms with Gasteiger partial charge in [0.25, 0.3) is 10.2 Å². The van der Waals surface area contributed by atoms with E-state index in [1.165, 1.54) is 24.3 Å². The van der Waals surface area contributed by atoms with Crippen LogP contribution < -0.4 is 20.5 Å². The maximum absolute atomic E-state index is 11.9. The first-order valence-corrected chi connectivity index (χ1v) is 7.08. The second-order valence-electron chi connectivity index (χ2n) is 3.99. The van der Waals surface area contributed by atoms with Crippen LogP contribution in [0.2, 0.25) is 0 Å². The Labute approximate surface area is 118 Å². The second kappa shape index (κ2) is 6.74. The molecule has 21 heavy (non-hydrogen) atoms. The monoisotopic (exact) mass is 326 g/mol. The second-order valence-corrected chi connectivity index (χ2v) is 5.29. The molecular weight excluding hydrogens is 313 g/mol. The molecule has 1 aromatic carbocycles. The SMILES string of the molecule is NS(=O)(=O)Nc1cccc(NC(=O)CNCC(F)(F)F)c1. The summed E-state index contributed by atoms with van der Waals surface area (Å²) in [4.78, 5) is 11.4. The molecule has 0 aliphatic carbocycles. The minimum absolute atomic E-state index is 0.110. The summed E-state index contributed by atoms with van der Waals surface area (Å²) in [5, 5.41) is 9.02. The van der Waals surface area contributed by atoms with E-state index in [1.54, 1.807) is 0 Å². The number of halogens is 3. The molecule has 11 heteroatoms. The van der Waals surface area contributed by atoms with Crippen molar-refractivity contribution >= 4 is 27.5 Å². The Kier molecular flexibility index (Phi) is 5.52. The van der Waals surface area contributed by atoms with E-state index in [0.29, 0.717) is 0 Å². The summed E-state index contributed by atoms with van der Waals surface area (Å²) >= 11 is 0. The van der Waals surface area contributed by atoms with Gasteiger partial charge in [-0.05, 0) is 18.2 Å². The highest BCUT2D eigenvalue weighted by Crippen LogP contribution is 2.15. The lowest BCUT2D eigenvalue weighted by molar-refractivity contribution is -0.126. The van der Waals surface area contributed by atoms with Crippen molar-refractivity contribution in [2.75, 3.05) is 23.1 Å². The van der Waals surface area contributed by atoms with Gasteiger partial charge in [0.1, 0.15) is 0 Å². The van der Waals surface area contributed by atoms with Gasteiger partial charge < -0.3 is 10.6 Å². The van der Waals surface area contributed by atoms with Crippen LogP contribution in [0, 0.1) is 0 Å². The summed E-state index contributed by atoms with van der Waals surface area (Å²) < 4.78 is 59.3. The molecule has 0 aromatic heterocycles. The molecule has 0 aliphatic rings. The zero-order valence-corrected chi connectivity index (χ0v) is 11.4. The standard InChI is InChI=1S/C10H13F3N4O3S/c11-10(12,13)6-15-5-9(18)16-7-2-1-3-8(4-7)17-21(14,19)20/h1-4,15,17H,5-6H2,(H,16,18)(H2,14,19,20). The molecule has 0 saturated heterocycles. The molecule has 0 spiro atoms. The third kappa shape index (κ3) is 8.12. The van der Waals surface area contributed by atoms with Crippen molar-refractivity contribution in [3.8, 4) is 0 Å². The zero-order valence-electron chi connectivity index (χ0n) is 10.6. The molecular formula is C10H13F3N4O3S. The molecule has 7 nitrogen and oxygen atoms in total. The molecule has 0 saturated carbocycles. The molecule has 0 unspecified atom stereocenters. The summed E-state index contributed by atoms with van der Waals surface area (Å²) in [6, 6.07) is 5.54. The van der Waals surface area contributed by atoms with Crippen LogP contribution in [0.3, 0.4) is 0 Å². The van der Waals surface area contributed by atoms with Crippen LogP contribution in [0.25, 0.3) is 0 Å². The fourth-order valence-electron chi connectivity index (χ4n) is 1.35. The molecule has 118 valence electrons. The number of hydrogen-bond acceptors (Lipinski definition) is 4. The van der Waals surface area contributed by atoms with Crippen molar-refractivity contribution in [3.05, 3.63) is 24.3 Å². The predicted octanol–water partition coefficient (Wildman–Crippen LogP) is 0.392. The van der Waals surface area contributed by atoms with Gasteiger partial charge in [-0.2, -0.15) is 21.6 Å². The Morgan fingerprint density at radius 3 is 2.43 bits per heavy atom. The van der Waals surface area contributed by atoms with E-state index >= 15 is 0 Å². The van der Waals surface area contributed by atoms with Crippen molar-refractivity contribution < 1.29 is 26.4 Å². The first-order valence-electron chi connectivity index (χ1n) is 5.53. The fourth-order valence-corrected chi connectivity index (χ4v) is 1.80. The Balaban J connectivity index is 2.55. The van der Waals surface area contributed by atoms with Gasteiger partial charge in [0.2, 0.25) is 5.91 Å². The lowest BCUT2D eigenvalue weighted by Crippen LogP contribution is -2.35. The predicted molar refractivity (Wildman–Crippen MR) is 70.7 cm³/mol. The minimum atomic E-state index is -4.40. The third-order valence-corrected chi connectivity index (χ3v) is 2.54. The number of nitrogens with two attached hydrogens (primary N) is 1. The van der Waals surface area contributed by atoms with Crippen LogP contribution in [-0.4, -0.2) is 33.6 Å². The van der Waals surface area contributed by atoms with Crippen molar-refractivity contribution in [3.63, 3.8) is 0 Å². The van der Waals surface area contributed by atoms with Gasteiger partial charge in [-0.3, -0.25) is 9.52 Å². The number of benzene rings is 1. The van der Waals surface area contributed by atoms with Crippen molar-refractivity contribution in [2.24, 2.45) is 5.14 Å². The van der Waals surface area contributed by atoms with E-state index in [-0.39, 0.29) is 11.4 Å². The van der Waals surface area contributed by atoms with Crippen LogP contribution in [-0.2, 0) is 15.0 Å². The largest absolute Gasteiger partial charge is 0.401 e. The highest BCUT2D eigenvalue weighted by atomic mass is 32.2. The van der Waals surface area contributed by atoms with Crippen molar-refractivity contribution in [2.45, 2.75) is 6.18 Å². The quantitative estimate of drug-likeness (QED) is 0.605. The minimum Gasteiger partial charge on any atom is -0.325 e. The average Bonchev–Trinajstić information content (AvgIpc) is 2.24. The van der Waals surface area contributed by atoms with E-state index in [0.717, 1.165) is 0 Å². The lowest BCUT2D eigenvalue weighted by atomic mass is 10.3. The number of rotatable bonds is 6. The molecule has 1 aromatic rings. The van der Waals surface area contributed by atoms with E-state index in [1.807, 2.05) is 10.0 Å². The van der Waals surface area contributed by atoms with Crippen LogP contribution in [0.15, 0.2) is 24.3 Å². The van der Waals surface area contributed by atoms with Gasteiger partial charge in [0, 0.05) is 5.69 Å². The summed E-state index contributed by atoms with van der Waals surface area (Å²) in [7, 11) is -3.95.